The Morgan fingerprint density at radius 3 is 2.42 bits per heavy atom. The molecule has 0 saturated heterocycles. The zero-order valence-corrected chi connectivity index (χ0v) is 14.5. The topological polar surface area (TPSA) is 17.0 Å². The minimum Gasteiger partial charge on any atom is -0.398 e. The second-order valence-electron chi connectivity index (χ2n) is 6.73. The van der Waals surface area contributed by atoms with Crippen LogP contribution >= 0.6 is 0 Å². The van der Waals surface area contributed by atoms with Crippen molar-refractivity contribution in [2.45, 2.75) is 45.1 Å². The Morgan fingerprint density at radius 2 is 1.67 bits per heavy atom. The monoisotopic (exact) mass is 318 g/mol. The molecule has 2 heteroatoms. The summed E-state index contributed by atoms with van der Waals surface area (Å²) in [5, 5.41) is 0. The first kappa shape index (κ1) is 15.2. The molecule has 0 radical (unpaired) electrons. The van der Waals surface area contributed by atoms with E-state index >= 15 is 0 Å². The van der Waals surface area contributed by atoms with Gasteiger partial charge in [-0.15, -0.1) is 0 Å². The first-order valence-corrected chi connectivity index (χ1v) is 8.97. The molecule has 1 aliphatic rings. The quantitative estimate of drug-likeness (QED) is 0.594. The molecule has 0 fully saturated rings. The van der Waals surface area contributed by atoms with Crippen LogP contribution in [0.2, 0.25) is 0 Å². The molecule has 0 N–H and O–H groups in total. The number of nitrogens with zero attached hydrogens (tertiary/aromatic N) is 1. The third-order valence-corrected chi connectivity index (χ3v) is 5.66. The average molecular weight is 318 g/mol. The van der Waals surface area contributed by atoms with Crippen LogP contribution in [-0.4, -0.2) is 0 Å². The van der Waals surface area contributed by atoms with Crippen LogP contribution in [0.25, 0.3) is 22.8 Å². The summed E-state index contributed by atoms with van der Waals surface area (Å²) in [5.74, 6) is 1.96. The number of oxazole rings is 1. The highest BCUT2D eigenvalue weighted by molar-refractivity contribution is 5.61. The van der Waals surface area contributed by atoms with Crippen LogP contribution in [0.5, 0.6) is 0 Å². The fraction of sp³-hybridized carbons (Fsp3) is 0.318. The van der Waals surface area contributed by atoms with Crippen LogP contribution in [0.1, 0.15) is 38.7 Å². The normalized spacial score (nSPS) is 15.4. The van der Waals surface area contributed by atoms with E-state index in [2.05, 4.69) is 73.1 Å². The fourth-order valence-corrected chi connectivity index (χ4v) is 4.01. The summed E-state index contributed by atoms with van der Waals surface area (Å²) in [6.45, 7) is 4.59. The molecular weight excluding hydrogens is 294 g/mol. The number of aromatic nitrogens is 1. The molecule has 0 atom stereocenters. The lowest BCUT2D eigenvalue weighted by molar-refractivity contribution is -0.758. The highest BCUT2D eigenvalue weighted by Gasteiger charge is 2.44. The van der Waals surface area contributed by atoms with Crippen molar-refractivity contribution in [1.82, 2.24) is 0 Å². The summed E-state index contributed by atoms with van der Waals surface area (Å²) in [6, 6.07) is 19.1. The van der Waals surface area contributed by atoms with Gasteiger partial charge in [0.05, 0.1) is 5.56 Å². The van der Waals surface area contributed by atoms with Gasteiger partial charge in [-0.1, -0.05) is 62.4 Å². The Hall–Kier alpha value is -2.35. The third-order valence-electron chi connectivity index (χ3n) is 5.66. The Labute approximate surface area is 143 Å². The molecule has 3 aromatic rings. The van der Waals surface area contributed by atoms with Gasteiger partial charge in [0.1, 0.15) is 0 Å². The maximum absolute atomic E-state index is 6.42. The minimum absolute atomic E-state index is 0.130. The highest BCUT2D eigenvalue weighted by Crippen LogP contribution is 2.37. The number of fused-ring (bicyclic) bond motifs is 3. The molecule has 2 heterocycles. The van der Waals surface area contributed by atoms with E-state index in [0.29, 0.717) is 0 Å². The molecule has 4 rings (SSSR count). The summed E-state index contributed by atoms with van der Waals surface area (Å²) in [6.07, 6.45) is 6.71. The molecule has 1 aliphatic heterocycles. The summed E-state index contributed by atoms with van der Waals surface area (Å²) < 4.78 is 8.84. The van der Waals surface area contributed by atoms with Gasteiger partial charge in [-0.2, -0.15) is 4.57 Å². The first-order chi connectivity index (χ1) is 11.8. The van der Waals surface area contributed by atoms with E-state index in [1.165, 1.54) is 11.1 Å². The van der Waals surface area contributed by atoms with Crippen LogP contribution in [0, 0.1) is 0 Å². The van der Waals surface area contributed by atoms with Crippen molar-refractivity contribution < 1.29 is 8.98 Å². The van der Waals surface area contributed by atoms with E-state index in [-0.39, 0.29) is 5.54 Å². The predicted octanol–water partition coefficient (Wildman–Crippen LogP) is 5.36. The van der Waals surface area contributed by atoms with Gasteiger partial charge < -0.3 is 4.42 Å². The van der Waals surface area contributed by atoms with E-state index in [9.17, 15) is 0 Å². The largest absolute Gasteiger partial charge is 0.398 e. The second-order valence-corrected chi connectivity index (χ2v) is 6.73. The molecule has 2 aromatic carbocycles. The van der Waals surface area contributed by atoms with Gasteiger partial charge >= 0.3 is 5.89 Å². The van der Waals surface area contributed by atoms with E-state index < -0.39 is 0 Å². The van der Waals surface area contributed by atoms with Gasteiger partial charge in [-0.3, -0.25) is 0 Å². The Bertz CT molecular complexity index is 843. The number of hydrogen-bond acceptors (Lipinski definition) is 1. The van der Waals surface area contributed by atoms with Gasteiger partial charge in [-0.05, 0) is 18.1 Å². The SMILES string of the molecule is CCC1(CC)CCc2ccccc2-c2oc(-c3ccccc3)c[n+]21. The van der Waals surface area contributed by atoms with Crippen molar-refractivity contribution in [1.29, 1.82) is 0 Å². The number of hydrogen-bond donors (Lipinski definition) is 0. The van der Waals surface area contributed by atoms with Gasteiger partial charge in [0, 0.05) is 24.8 Å². The average Bonchev–Trinajstić information content (AvgIpc) is 3.05. The second kappa shape index (κ2) is 5.94. The molecule has 122 valence electrons. The fourth-order valence-electron chi connectivity index (χ4n) is 4.01. The van der Waals surface area contributed by atoms with Gasteiger partial charge in [0.15, 0.2) is 5.54 Å². The van der Waals surface area contributed by atoms with Crippen LogP contribution < -0.4 is 4.57 Å². The van der Waals surface area contributed by atoms with Gasteiger partial charge in [0.2, 0.25) is 12.0 Å². The standard InChI is InChI=1S/C22H24NO/c1-3-22(4-2)15-14-17-10-8-9-13-19(17)21-23(22)16-20(24-21)18-11-6-5-7-12-18/h5-13,16H,3-4,14-15H2,1-2H3/q+1. The van der Waals surface area contributed by atoms with Crippen molar-refractivity contribution in [3.8, 4) is 22.8 Å². The number of rotatable bonds is 3. The molecule has 0 saturated carbocycles. The summed E-state index contributed by atoms with van der Waals surface area (Å²) in [4.78, 5) is 0. The van der Waals surface area contributed by atoms with Crippen LogP contribution in [0.4, 0.5) is 0 Å². The molecule has 1 aromatic heterocycles. The maximum atomic E-state index is 6.42. The summed E-state index contributed by atoms with van der Waals surface area (Å²) in [7, 11) is 0. The molecule has 0 amide bonds. The molecule has 24 heavy (non-hydrogen) atoms. The van der Waals surface area contributed by atoms with Crippen molar-refractivity contribution in [2.24, 2.45) is 0 Å². The maximum Gasteiger partial charge on any atom is 0.381 e. The summed E-state index contributed by atoms with van der Waals surface area (Å²) in [5.41, 5.74) is 3.90. The lowest BCUT2D eigenvalue weighted by Gasteiger charge is -2.23. The molecule has 2 nitrogen and oxygen atoms in total. The molecule has 0 spiro atoms. The van der Waals surface area contributed by atoms with Crippen LogP contribution in [0.15, 0.2) is 65.2 Å². The first-order valence-electron chi connectivity index (χ1n) is 8.97. The van der Waals surface area contributed by atoms with Crippen LogP contribution in [-0.2, 0) is 12.0 Å². The zero-order chi connectivity index (χ0) is 16.6. The van der Waals surface area contributed by atoms with Crippen molar-refractivity contribution >= 4 is 0 Å². The van der Waals surface area contributed by atoms with Crippen molar-refractivity contribution in [2.75, 3.05) is 0 Å². The third kappa shape index (κ3) is 2.29. The molecule has 0 unspecified atom stereocenters. The highest BCUT2D eigenvalue weighted by atomic mass is 16.4. The van der Waals surface area contributed by atoms with Crippen LogP contribution in [0.3, 0.4) is 0 Å². The number of benzene rings is 2. The van der Waals surface area contributed by atoms with Crippen molar-refractivity contribution in [3.05, 3.63) is 66.4 Å². The van der Waals surface area contributed by atoms with Crippen molar-refractivity contribution in [3.63, 3.8) is 0 Å². The Kier molecular flexibility index (Phi) is 3.76. The van der Waals surface area contributed by atoms with E-state index in [1.807, 2.05) is 6.07 Å². The molecule has 0 aliphatic carbocycles. The Morgan fingerprint density at radius 1 is 0.958 bits per heavy atom. The smallest absolute Gasteiger partial charge is 0.381 e. The van der Waals surface area contributed by atoms with E-state index in [4.69, 9.17) is 4.42 Å². The molecule has 0 bridgehead atoms. The van der Waals surface area contributed by atoms with E-state index in [1.54, 1.807) is 0 Å². The lowest BCUT2D eigenvalue weighted by Crippen LogP contribution is -2.55. The summed E-state index contributed by atoms with van der Waals surface area (Å²) >= 11 is 0. The zero-order valence-electron chi connectivity index (χ0n) is 14.5. The molecular formula is C22H24NO+. The van der Waals surface area contributed by atoms with E-state index in [0.717, 1.165) is 42.9 Å². The Balaban J connectivity index is 1.96. The lowest BCUT2D eigenvalue weighted by atomic mass is 9.86. The number of aryl methyl sites for hydroxylation is 1. The minimum atomic E-state index is 0.130. The van der Waals surface area contributed by atoms with Gasteiger partial charge in [-0.25, -0.2) is 0 Å². The predicted molar refractivity (Wildman–Crippen MR) is 96.7 cm³/mol. The van der Waals surface area contributed by atoms with Gasteiger partial charge in [0.25, 0.3) is 0 Å².